The van der Waals surface area contributed by atoms with Gasteiger partial charge in [-0.25, -0.2) is 9.97 Å². The molecule has 0 bridgehead atoms. The van der Waals surface area contributed by atoms with Gasteiger partial charge in [-0.1, -0.05) is 0 Å². The van der Waals surface area contributed by atoms with Gasteiger partial charge in [-0.2, -0.15) is 0 Å². The Morgan fingerprint density at radius 1 is 1.44 bits per heavy atom. The number of carbonyl (C=O) groups is 1. The molecule has 2 heterocycles. The summed E-state index contributed by atoms with van der Waals surface area (Å²) < 4.78 is 2.55. The van der Waals surface area contributed by atoms with Gasteiger partial charge in [0.15, 0.2) is 11.2 Å². The Balaban J connectivity index is 0.00000128. The fourth-order valence-electron chi connectivity index (χ4n) is 1.33. The van der Waals surface area contributed by atoms with Crippen LogP contribution >= 0.6 is 12.4 Å². The molecule has 1 N–H and O–H groups in total. The van der Waals surface area contributed by atoms with E-state index in [1.165, 1.54) is 17.2 Å². The van der Waals surface area contributed by atoms with Gasteiger partial charge in [0.05, 0.1) is 6.33 Å². The molecule has 16 heavy (non-hydrogen) atoms. The van der Waals surface area contributed by atoms with Crippen LogP contribution in [0.5, 0.6) is 0 Å². The summed E-state index contributed by atoms with van der Waals surface area (Å²) in [4.78, 5) is 30.0. The first-order valence-electron chi connectivity index (χ1n) is 4.18. The van der Waals surface area contributed by atoms with Crippen molar-refractivity contribution in [3.05, 3.63) is 23.0 Å². The predicted molar refractivity (Wildman–Crippen MR) is 57.7 cm³/mol. The second-order valence-electron chi connectivity index (χ2n) is 3.10. The molecule has 0 saturated carbocycles. The Morgan fingerprint density at radius 3 is 2.69 bits per heavy atom. The highest BCUT2D eigenvalue weighted by Crippen LogP contribution is 2.01. The maximum Gasteiger partial charge on any atom is 0.323 e. The summed E-state index contributed by atoms with van der Waals surface area (Å²) in [6.07, 6.45) is 2.65. The number of nitrogens with zero attached hydrogens (tertiary/aromatic N) is 4. The van der Waals surface area contributed by atoms with E-state index in [0.717, 1.165) is 4.57 Å². The number of hydrogen-bond donors (Lipinski definition) is 1. The van der Waals surface area contributed by atoms with Crippen molar-refractivity contribution in [3.63, 3.8) is 0 Å². The van der Waals surface area contributed by atoms with E-state index in [1.807, 2.05) is 0 Å². The Labute approximate surface area is 95.8 Å². The molecule has 0 fully saturated rings. The zero-order valence-corrected chi connectivity index (χ0v) is 9.14. The van der Waals surface area contributed by atoms with Gasteiger partial charge in [0, 0.05) is 7.05 Å². The predicted octanol–water partition coefficient (Wildman–Crippen LogP) is -0.364. The number of aryl methyl sites for hydroxylation is 1. The highest BCUT2D eigenvalue weighted by molar-refractivity contribution is 5.85. The second-order valence-corrected chi connectivity index (χ2v) is 3.10. The SMILES string of the molecule is Cl.Cn1cnc2ncn(CC(=O)O)c(=O)c21. The average molecular weight is 245 g/mol. The zero-order chi connectivity index (χ0) is 11.0. The van der Waals surface area contributed by atoms with E-state index in [-0.39, 0.29) is 12.4 Å². The normalized spacial score (nSPS) is 10.1. The maximum absolute atomic E-state index is 11.7. The van der Waals surface area contributed by atoms with E-state index in [9.17, 15) is 9.59 Å². The van der Waals surface area contributed by atoms with Crippen molar-refractivity contribution in [2.45, 2.75) is 6.54 Å². The summed E-state index contributed by atoms with van der Waals surface area (Å²) in [5, 5.41) is 8.57. The minimum atomic E-state index is -1.08. The Bertz CT molecular complexity index is 588. The number of imidazole rings is 1. The van der Waals surface area contributed by atoms with E-state index >= 15 is 0 Å². The molecule has 0 aromatic carbocycles. The molecule has 2 aromatic heterocycles. The third kappa shape index (κ3) is 1.89. The minimum Gasteiger partial charge on any atom is -0.480 e. The fourth-order valence-corrected chi connectivity index (χ4v) is 1.33. The summed E-state index contributed by atoms with van der Waals surface area (Å²) in [7, 11) is 1.66. The van der Waals surface area contributed by atoms with Crippen LogP contribution in [0.25, 0.3) is 11.2 Å². The average Bonchev–Trinajstić information content (AvgIpc) is 2.53. The molecule has 0 aliphatic rings. The molecule has 0 aliphatic heterocycles. The molecule has 0 radical (unpaired) electrons. The van der Waals surface area contributed by atoms with Crippen molar-refractivity contribution < 1.29 is 9.90 Å². The van der Waals surface area contributed by atoms with Gasteiger partial charge in [-0.15, -0.1) is 12.4 Å². The standard InChI is InChI=1S/C8H8N4O3.ClH/c1-11-3-9-7-6(11)8(15)12(4-10-7)2-5(13)14;/h3-4H,2H2,1H3,(H,13,14);1H. The van der Waals surface area contributed by atoms with Crippen LogP contribution in [0.3, 0.4) is 0 Å². The molecule has 0 spiro atoms. The lowest BCUT2D eigenvalue weighted by molar-refractivity contribution is -0.137. The highest BCUT2D eigenvalue weighted by atomic mass is 35.5. The van der Waals surface area contributed by atoms with Crippen LogP contribution in [0, 0.1) is 0 Å². The van der Waals surface area contributed by atoms with Crippen LogP contribution in [0.4, 0.5) is 0 Å². The molecule has 7 nitrogen and oxygen atoms in total. The van der Waals surface area contributed by atoms with Crippen LogP contribution in [0.15, 0.2) is 17.4 Å². The van der Waals surface area contributed by atoms with Crippen LogP contribution in [0.2, 0.25) is 0 Å². The summed E-state index contributed by atoms with van der Waals surface area (Å²) >= 11 is 0. The summed E-state index contributed by atoms with van der Waals surface area (Å²) in [5.74, 6) is -1.08. The van der Waals surface area contributed by atoms with Crippen molar-refractivity contribution >= 4 is 29.5 Å². The number of carboxylic acid groups (broad SMARTS) is 1. The van der Waals surface area contributed by atoms with Crippen LogP contribution in [0.1, 0.15) is 0 Å². The monoisotopic (exact) mass is 244 g/mol. The summed E-state index contributed by atoms with van der Waals surface area (Å²) in [6, 6.07) is 0. The lowest BCUT2D eigenvalue weighted by atomic mass is 10.5. The molecule has 2 rings (SSSR count). The molecule has 0 amide bonds. The Hall–Kier alpha value is -1.89. The molecule has 86 valence electrons. The second kappa shape index (κ2) is 4.31. The topological polar surface area (TPSA) is 90.0 Å². The van der Waals surface area contributed by atoms with Crippen molar-refractivity contribution in [1.29, 1.82) is 0 Å². The Morgan fingerprint density at radius 2 is 2.06 bits per heavy atom. The maximum atomic E-state index is 11.7. The third-order valence-corrected chi connectivity index (χ3v) is 2.01. The molecular weight excluding hydrogens is 236 g/mol. The fraction of sp³-hybridized carbons (Fsp3) is 0.250. The van der Waals surface area contributed by atoms with Gasteiger partial charge in [-0.3, -0.25) is 14.2 Å². The van der Waals surface area contributed by atoms with Gasteiger partial charge in [0.1, 0.15) is 12.9 Å². The van der Waals surface area contributed by atoms with Crippen molar-refractivity contribution in [3.8, 4) is 0 Å². The van der Waals surface area contributed by atoms with Crippen molar-refractivity contribution in [1.82, 2.24) is 19.1 Å². The molecule has 8 heteroatoms. The number of aliphatic carboxylic acids is 1. The summed E-state index contributed by atoms with van der Waals surface area (Å²) in [5.41, 5.74) is 0.227. The largest absolute Gasteiger partial charge is 0.480 e. The summed E-state index contributed by atoms with van der Waals surface area (Å²) in [6.45, 7) is -0.396. The van der Waals surface area contributed by atoms with E-state index in [0.29, 0.717) is 11.2 Å². The molecule has 0 unspecified atom stereocenters. The number of fused-ring (bicyclic) bond motifs is 1. The minimum absolute atomic E-state index is 0. The van der Waals surface area contributed by atoms with Crippen LogP contribution in [-0.2, 0) is 18.4 Å². The molecule has 2 aromatic rings. The number of halogens is 1. The number of aromatic nitrogens is 4. The van der Waals surface area contributed by atoms with E-state index in [1.54, 1.807) is 7.05 Å². The van der Waals surface area contributed by atoms with Gasteiger partial charge in [0.2, 0.25) is 0 Å². The first-order valence-corrected chi connectivity index (χ1v) is 4.18. The van der Waals surface area contributed by atoms with E-state index in [4.69, 9.17) is 5.11 Å². The quantitative estimate of drug-likeness (QED) is 0.779. The van der Waals surface area contributed by atoms with Crippen molar-refractivity contribution in [2.24, 2.45) is 7.05 Å². The number of rotatable bonds is 2. The van der Waals surface area contributed by atoms with Gasteiger partial charge in [0.25, 0.3) is 5.56 Å². The van der Waals surface area contributed by atoms with Gasteiger partial charge in [-0.05, 0) is 0 Å². The van der Waals surface area contributed by atoms with E-state index in [2.05, 4.69) is 9.97 Å². The highest BCUT2D eigenvalue weighted by Gasteiger charge is 2.10. The lowest BCUT2D eigenvalue weighted by Crippen LogP contribution is -2.25. The number of hydrogen-bond acceptors (Lipinski definition) is 4. The molecule has 0 atom stereocenters. The van der Waals surface area contributed by atoms with Crippen LogP contribution in [-0.4, -0.2) is 30.2 Å². The first kappa shape index (κ1) is 12.2. The molecule has 0 aliphatic carbocycles. The third-order valence-electron chi connectivity index (χ3n) is 2.01. The van der Waals surface area contributed by atoms with Gasteiger partial charge < -0.3 is 9.67 Å². The first-order chi connectivity index (χ1) is 7.09. The van der Waals surface area contributed by atoms with E-state index < -0.39 is 18.1 Å². The lowest BCUT2D eigenvalue weighted by Gasteiger charge is -2.00. The van der Waals surface area contributed by atoms with Crippen molar-refractivity contribution in [2.75, 3.05) is 0 Å². The van der Waals surface area contributed by atoms with Crippen LogP contribution < -0.4 is 5.56 Å². The van der Waals surface area contributed by atoms with Gasteiger partial charge >= 0.3 is 5.97 Å². The number of carboxylic acids is 1. The molecule has 0 saturated heterocycles. The molecular formula is C8H9ClN4O3. The zero-order valence-electron chi connectivity index (χ0n) is 8.32. The smallest absolute Gasteiger partial charge is 0.323 e. The Kier molecular flexibility index (Phi) is 3.28.